The molecular weight excluding hydrogens is 193 g/mol. The molecule has 0 saturated heterocycles. The van der Waals surface area contributed by atoms with E-state index in [1.165, 1.54) is 17.4 Å². The maximum Gasteiger partial charge on any atom is 1.00 e. The van der Waals surface area contributed by atoms with Crippen LogP contribution in [0.2, 0.25) is 0 Å². The number of benzene rings is 1. The number of hydrogen-bond acceptors (Lipinski definition) is 2. The van der Waals surface area contributed by atoms with Crippen molar-refractivity contribution in [3.8, 4) is 0 Å². The van der Waals surface area contributed by atoms with Crippen molar-refractivity contribution in [2.75, 3.05) is 0 Å². The largest absolute Gasteiger partial charge is 1.00 e. The fourth-order valence-electron chi connectivity index (χ4n) is 2.09. The number of rotatable bonds is 2. The van der Waals surface area contributed by atoms with Gasteiger partial charge in [-0.15, -0.1) is 0 Å². The van der Waals surface area contributed by atoms with Gasteiger partial charge in [-0.2, -0.15) is 0 Å². The monoisotopic (exact) mass is 207 g/mol. The Labute approximate surface area is 108 Å². The summed E-state index contributed by atoms with van der Waals surface area (Å²) < 4.78 is 0. The summed E-state index contributed by atoms with van der Waals surface area (Å²) in [5.74, 6) is 0.468. The molecule has 0 amide bonds. The first-order valence-electron chi connectivity index (χ1n) is 5.02. The summed E-state index contributed by atoms with van der Waals surface area (Å²) in [6.45, 7) is 8.46. The first-order chi connectivity index (χ1) is 7.07. The Bertz CT molecular complexity index is 420. The van der Waals surface area contributed by atoms with E-state index in [2.05, 4.69) is 25.6 Å². The van der Waals surface area contributed by atoms with Crippen molar-refractivity contribution in [2.45, 2.75) is 19.8 Å². The molecule has 1 saturated carbocycles. The molecule has 16 heavy (non-hydrogen) atoms. The standard InChI is InChI=1S/C13H15NO.Li/c1-9-12(13(9,2)3)11-6-4-10(5-7-11)8-14-15;/h4-8,12,15H,1H2,2-3H3;/q;+1/p-1/b14-8-;. The van der Waals surface area contributed by atoms with Crippen LogP contribution in [0.25, 0.3) is 0 Å². The number of hydrogen-bond donors (Lipinski definition) is 0. The van der Waals surface area contributed by atoms with Crippen molar-refractivity contribution in [3.63, 3.8) is 0 Å². The normalized spacial score (nSPS) is 21.9. The Morgan fingerprint density at radius 3 is 2.19 bits per heavy atom. The minimum Gasteiger partial charge on any atom is -0.792 e. The molecule has 3 heteroatoms. The Kier molecular flexibility index (Phi) is 3.67. The average molecular weight is 207 g/mol. The van der Waals surface area contributed by atoms with Crippen LogP contribution in [-0.2, 0) is 0 Å². The van der Waals surface area contributed by atoms with Crippen LogP contribution >= 0.6 is 0 Å². The molecule has 0 bridgehead atoms. The summed E-state index contributed by atoms with van der Waals surface area (Å²) in [7, 11) is 0. The van der Waals surface area contributed by atoms with E-state index in [-0.39, 0.29) is 24.3 Å². The molecule has 1 aromatic carbocycles. The van der Waals surface area contributed by atoms with Gasteiger partial charge in [-0.25, -0.2) is 0 Å². The van der Waals surface area contributed by atoms with E-state index < -0.39 is 0 Å². The molecule has 1 aliphatic carbocycles. The van der Waals surface area contributed by atoms with Crippen molar-refractivity contribution in [1.29, 1.82) is 0 Å². The van der Waals surface area contributed by atoms with Gasteiger partial charge in [-0.1, -0.05) is 50.3 Å². The van der Waals surface area contributed by atoms with E-state index in [1.807, 2.05) is 24.3 Å². The maximum absolute atomic E-state index is 10.0. The topological polar surface area (TPSA) is 35.4 Å². The molecule has 1 aromatic rings. The fourth-order valence-corrected chi connectivity index (χ4v) is 2.09. The minimum absolute atomic E-state index is 0. The second-order valence-electron chi connectivity index (χ2n) is 4.58. The van der Waals surface area contributed by atoms with Gasteiger partial charge < -0.3 is 10.4 Å². The van der Waals surface area contributed by atoms with E-state index in [1.54, 1.807) is 0 Å². The fraction of sp³-hybridized carbons (Fsp3) is 0.308. The Balaban J connectivity index is 0.00000128. The molecule has 1 atom stereocenters. The van der Waals surface area contributed by atoms with Crippen LogP contribution in [0.3, 0.4) is 0 Å². The van der Waals surface area contributed by atoms with Gasteiger partial charge in [0.15, 0.2) is 0 Å². The van der Waals surface area contributed by atoms with Crippen molar-refractivity contribution in [2.24, 2.45) is 10.6 Å². The third kappa shape index (κ3) is 2.09. The summed E-state index contributed by atoms with van der Waals surface area (Å²) in [5.41, 5.74) is 3.63. The second-order valence-corrected chi connectivity index (χ2v) is 4.58. The second kappa shape index (κ2) is 4.49. The Morgan fingerprint density at radius 1 is 1.31 bits per heavy atom. The van der Waals surface area contributed by atoms with Crippen LogP contribution in [0.5, 0.6) is 0 Å². The van der Waals surface area contributed by atoms with E-state index in [4.69, 9.17) is 0 Å². The van der Waals surface area contributed by atoms with Crippen LogP contribution in [-0.4, -0.2) is 6.21 Å². The summed E-state index contributed by atoms with van der Waals surface area (Å²) in [5, 5.41) is 12.8. The zero-order valence-corrected chi connectivity index (χ0v) is 10.0. The minimum atomic E-state index is 0. The van der Waals surface area contributed by atoms with Crippen molar-refractivity contribution < 1.29 is 18.9 Å². The third-order valence-corrected chi connectivity index (χ3v) is 3.29. The van der Waals surface area contributed by atoms with Gasteiger partial charge >= 0.3 is 18.9 Å². The van der Waals surface area contributed by atoms with Gasteiger partial charge in [0, 0.05) is 12.1 Å². The van der Waals surface area contributed by atoms with Crippen molar-refractivity contribution in [3.05, 3.63) is 52.8 Å². The molecule has 0 radical (unpaired) electrons. The van der Waals surface area contributed by atoms with Gasteiger partial charge in [-0.3, -0.25) is 0 Å². The van der Waals surface area contributed by atoms with Gasteiger partial charge in [-0.05, 0) is 16.5 Å². The molecule has 1 unspecified atom stereocenters. The average Bonchev–Trinajstić information content (AvgIpc) is 2.69. The quantitative estimate of drug-likeness (QED) is 0.297. The van der Waals surface area contributed by atoms with Gasteiger partial charge in [0.05, 0.1) is 0 Å². The van der Waals surface area contributed by atoms with Crippen LogP contribution in [0, 0.1) is 10.6 Å². The zero-order valence-electron chi connectivity index (χ0n) is 10.0. The summed E-state index contributed by atoms with van der Waals surface area (Å²) in [6, 6.07) is 7.92. The van der Waals surface area contributed by atoms with Crippen LogP contribution in [0.1, 0.15) is 30.9 Å². The molecule has 0 heterocycles. The SMILES string of the molecule is C=C1C(c2ccc(/C=N\[O-])cc2)C1(C)C.[Li+]. The molecule has 2 nitrogen and oxygen atoms in total. The predicted octanol–water partition coefficient (Wildman–Crippen LogP) is 0.287. The molecule has 78 valence electrons. The third-order valence-electron chi connectivity index (χ3n) is 3.29. The first kappa shape index (κ1) is 13.1. The molecule has 0 spiro atoms. The Hall–Kier alpha value is -0.973. The van der Waals surface area contributed by atoms with E-state index >= 15 is 0 Å². The summed E-state index contributed by atoms with van der Waals surface area (Å²) in [4.78, 5) is 0. The first-order valence-corrected chi connectivity index (χ1v) is 5.02. The van der Waals surface area contributed by atoms with Gasteiger partial charge in [0.25, 0.3) is 0 Å². The number of nitrogens with zero attached hydrogens (tertiary/aromatic N) is 1. The van der Waals surface area contributed by atoms with E-state index in [0.29, 0.717) is 5.92 Å². The predicted molar refractivity (Wildman–Crippen MR) is 63.1 cm³/mol. The van der Waals surface area contributed by atoms with E-state index in [9.17, 15) is 5.21 Å². The number of allylic oxidation sites excluding steroid dienone is 1. The molecular formula is C13H14LiNO. The van der Waals surface area contributed by atoms with Gasteiger partial charge in [0.2, 0.25) is 0 Å². The van der Waals surface area contributed by atoms with Crippen molar-refractivity contribution >= 4 is 6.21 Å². The molecule has 0 aliphatic heterocycles. The van der Waals surface area contributed by atoms with Crippen molar-refractivity contribution in [1.82, 2.24) is 0 Å². The molecule has 2 rings (SSSR count). The molecule has 1 aliphatic rings. The zero-order chi connectivity index (χ0) is 11.1. The molecule has 0 N–H and O–H groups in total. The van der Waals surface area contributed by atoms with Crippen LogP contribution in [0.4, 0.5) is 0 Å². The van der Waals surface area contributed by atoms with E-state index in [0.717, 1.165) is 5.56 Å². The summed E-state index contributed by atoms with van der Waals surface area (Å²) in [6.07, 6.45) is 1.32. The molecule has 1 fully saturated rings. The van der Waals surface area contributed by atoms with Gasteiger partial charge in [0.1, 0.15) is 0 Å². The van der Waals surface area contributed by atoms with Crippen LogP contribution < -0.4 is 18.9 Å². The molecule has 0 aromatic heterocycles. The maximum atomic E-state index is 10.0. The smallest absolute Gasteiger partial charge is 0.792 e. The Morgan fingerprint density at radius 2 is 1.81 bits per heavy atom. The van der Waals surface area contributed by atoms with Crippen LogP contribution in [0.15, 0.2) is 41.6 Å². The summed E-state index contributed by atoms with van der Waals surface area (Å²) >= 11 is 0.